The molecular weight excluding hydrogens is 250 g/mol. The van der Waals surface area contributed by atoms with Crippen molar-refractivity contribution in [1.82, 2.24) is 19.7 Å². The number of benzene rings is 1. The molecule has 0 atom stereocenters. The molecule has 2 aliphatic heterocycles. The summed E-state index contributed by atoms with van der Waals surface area (Å²) in [5.74, 6) is 2.02. The van der Waals surface area contributed by atoms with E-state index in [0.29, 0.717) is 6.54 Å². The summed E-state index contributed by atoms with van der Waals surface area (Å²) in [6.07, 6.45) is 5.63. The average Bonchev–Trinajstić information content (AvgIpc) is 2.92. The molecule has 0 radical (unpaired) electrons. The van der Waals surface area contributed by atoms with Crippen LogP contribution in [0, 0.1) is 0 Å². The number of hydrogen-bond acceptors (Lipinski definition) is 4. The Morgan fingerprint density at radius 1 is 1.00 bits per heavy atom. The summed E-state index contributed by atoms with van der Waals surface area (Å²) >= 11 is 0. The van der Waals surface area contributed by atoms with E-state index in [-0.39, 0.29) is 0 Å². The lowest BCUT2D eigenvalue weighted by atomic mass is 10.1. The van der Waals surface area contributed by atoms with Crippen molar-refractivity contribution in [3.8, 4) is 5.69 Å². The normalized spacial score (nSPS) is 18.0. The lowest BCUT2D eigenvalue weighted by Gasteiger charge is -2.30. The third-order valence-electron chi connectivity index (χ3n) is 4.05. The van der Waals surface area contributed by atoms with Crippen LogP contribution in [0.1, 0.15) is 30.7 Å². The molecule has 0 aliphatic carbocycles. The monoisotopic (exact) mass is 267 g/mol. The molecule has 102 valence electrons. The van der Waals surface area contributed by atoms with Gasteiger partial charge in [0.25, 0.3) is 0 Å². The number of hydrogen-bond donors (Lipinski definition) is 0. The van der Waals surface area contributed by atoms with Crippen LogP contribution in [0.2, 0.25) is 0 Å². The van der Waals surface area contributed by atoms with Gasteiger partial charge >= 0.3 is 0 Å². The number of rotatable bonds is 0. The van der Waals surface area contributed by atoms with Crippen molar-refractivity contribution in [1.29, 1.82) is 0 Å². The van der Waals surface area contributed by atoms with Crippen molar-refractivity contribution >= 4 is 5.84 Å². The number of amidine groups is 1. The Bertz CT molecular complexity index is 652. The lowest BCUT2D eigenvalue weighted by Crippen LogP contribution is -2.36. The standard InChI is InChI=1S/C15H17N5/c1-4-8-19(9-5-1)15-12-6-2-3-7-13(12)20-11-17-18-14(20)10-16-15/h2-3,6-7,11H,1,4-5,8-10H2. The number of aromatic nitrogens is 3. The molecule has 1 saturated heterocycles. The van der Waals surface area contributed by atoms with Crippen LogP contribution in [0.4, 0.5) is 0 Å². The van der Waals surface area contributed by atoms with Crippen molar-refractivity contribution in [2.24, 2.45) is 4.99 Å². The summed E-state index contributed by atoms with van der Waals surface area (Å²) in [6, 6.07) is 8.40. The largest absolute Gasteiger partial charge is 0.356 e. The highest BCUT2D eigenvalue weighted by atomic mass is 15.3. The molecule has 3 heterocycles. The number of aliphatic imine (C=N–C) groups is 1. The van der Waals surface area contributed by atoms with Crippen LogP contribution in [-0.2, 0) is 6.54 Å². The van der Waals surface area contributed by atoms with Crippen LogP contribution in [0.15, 0.2) is 35.6 Å². The molecule has 2 aliphatic rings. The van der Waals surface area contributed by atoms with E-state index in [4.69, 9.17) is 4.99 Å². The summed E-state index contributed by atoms with van der Waals surface area (Å²) < 4.78 is 2.05. The third-order valence-corrected chi connectivity index (χ3v) is 4.05. The molecule has 0 saturated carbocycles. The summed E-state index contributed by atoms with van der Waals surface area (Å²) in [7, 11) is 0. The molecule has 1 aromatic heterocycles. The molecule has 0 N–H and O–H groups in total. The predicted molar refractivity (Wildman–Crippen MR) is 77.0 cm³/mol. The molecule has 0 spiro atoms. The Morgan fingerprint density at radius 2 is 1.85 bits per heavy atom. The van der Waals surface area contributed by atoms with E-state index in [1.54, 1.807) is 6.33 Å². The first kappa shape index (κ1) is 11.6. The van der Waals surface area contributed by atoms with Gasteiger partial charge in [-0.25, -0.2) is 0 Å². The van der Waals surface area contributed by atoms with Crippen molar-refractivity contribution < 1.29 is 0 Å². The zero-order valence-electron chi connectivity index (χ0n) is 11.4. The van der Waals surface area contributed by atoms with Gasteiger partial charge in [0.05, 0.1) is 5.69 Å². The summed E-state index contributed by atoms with van der Waals surface area (Å²) in [5, 5.41) is 8.19. The second kappa shape index (κ2) is 4.74. The molecule has 2 aromatic rings. The maximum atomic E-state index is 4.82. The fourth-order valence-electron chi connectivity index (χ4n) is 3.05. The molecule has 0 bridgehead atoms. The van der Waals surface area contributed by atoms with Crippen LogP contribution in [0.25, 0.3) is 5.69 Å². The second-order valence-electron chi connectivity index (χ2n) is 5.32. The summed E-state index contributed by atoms with van der Waals surface area (Å²) in [5.41, 5.74) is 2.32. The van der Waals surface area contributed by atoms with Crippen LogP contribution in [0.5, 0.6) is 0 Å². The summed E-state index contributed by atoms with van der Waals surface area (Å²) in [4.78, 5) is 7.24. The quantitative estimate of drug-likeness (QED) is 0.733. The van der Waals surface area contributed by atoms with Gasteiger partial charge in [0.2, 0.25) is 0 Å². The third kappa shape index (κ3) is 1.81. The molecule has 20 heavy (non-hydrogen) atoms. The van der Waals surface area contributed by atoms with Crippen LogP contribution < -0.4 is 0 Å². The molecule has 5 heteroatoms. The van der Waals surface area contributed by atoms with Gasteiger partial charge in [0, 0.05) is 18.7 Å². The number of para-hydroxylation sites is 1. The molecule has 0 amide bonds. The Hall–Kier alpha value is -2.17. The predicted octanol–water partition coefficient (Wildman–Crippen LogP) is 2.01. The van der Waals surface area contributed by atoms with Crippen LogP contribution in [0.3, 0.4) is 0 Å². The topological polar surface area (TPSA) is 46.3 Å². The van der Waals surface area contributed by atoms with E-state index in [1.807, 2.05) is 0 Å². The highest BCUT2D eigenvalue weighted by Crippen LogP contribution is 2.23. The highest BCUT2D eigenvalue weighted by molar-refractivity contribution is 6.02. The minimum absolute atomic E-state index is 0.598. The first-order chi connectivity index (χ1) is 9.93. The van der Waals surface area contributed by atoms with E-state index in [0.717, 1.165) is 30.4 Å². The molecule has 0 unspecified atom stereocenters. The molecule has 5 nitrogen and oxygen atoms in total. The van der Waals surface area contributed by atoms with Gasteiger partial charge in [0.15, 0.2) is 5.82 Å². The molecule has 1 aromatic carbocycles. The van der Waals surface area contributed by atoms with Gasteiger partial charge in [-0.1, -0.05) is 12.1 Å². The van der Waals surface area contributed by atoms with Gasteiger partial charge in [0.1, 0.15) is 18.7 Å². The Balaban J connectivity index is 1.84. The van der Waals surface area contributed by atoms with Gasteiger partial charge < -0.3 is 4.90 Å². The minimum Gasteiger partial charge on any atom is -0.356 e. The van der Waals surface area contributed by atoms with Gasteiger partial charge in [-0.2, -0.15) is 0 Å². The Morgan fingerprint density at radius 3 is 2.75 bits per heavy atom. The second-order valence-corrected chi connectivity index (χ2v) is 5.32. The lowest BCUT2D eigenvalue weighted by molar-refractivity contribution is 0.342. The van der Waals surface area contributed by atoms with Crippen molar-refractivity contribution in [3.05, 3.63) is 42.0 Å². The number of piperidine rings is 1. The van der Waals surface area contributed by atoms with Crippen LogP contribution in [-0.4, -0.2) is 38.6 Å². The van der Waals surface area contributed by atoms with Crippen molar-refractivity contribution in [2.75, 3.05) is 13.1 Å². The number of nitrogens with zero attached hydrogens (tertiary/aromatic N) is 5. The maximum absolute atomic E-state index is 4.82. The van der Waals surface area contributed by atoms with E-state index < -0.39 is 0 Å². The fraction of sp³-hybridized carbons (Fsp3) is 0.400. The minimum atomic E-state index is 0.598. The van der Waals surface area contributed by atoms with E-state index in [2.05, 4.69) is 43.9 Å². The van der Waals surface area contributed by atoms with Crippen LogP contribution >= 0.6 is 0 Å². The van der Waals surface area contributed by atoms with Gasteiger partial charge in [-0.15, -0.1) is 10.2 Å². The highest BCUT2D eigenvalue weighted by Gasteiger charge is 2.23. The van der Waals surface area contributed by atoms with Crippen molar-refractivity contribution in [2.45, 2.75) is 25.8 Å². The maximum Gasteiger partial charge on any atom is 0.159 e. The van der Waals surface area contributed by atoms with E-state index >= 15 is 0 Å². The smallest absolute Gasteiger partial charge is 0.159 e. The Kier molecular flexibility index (Phi) is 2.76. The van der Waals surface area contributed by atoms with E-state index in [9.17, 15) is 0 Å². The van der Waals surface area contributed by atoms with Gasteiger partial charge in [-0.05, 0) is 31.4 Å². The fourth-order valence-corrected chi connectivity index (χ4v) is 3.05. The van der Waals surface area contributed by atoms with Crippen molar-refractivity contribution in [3.63, 3.8) is 0 Å². The molecule has 1 fully saturated rings. The van der Waals surface area contributed by atoms with Gasteiger partial charge in [-0.3, -0.25) is 9.56 Å². The zero-order valence-corrected chi connectivity index (χ0v) is 11.4. The molecule has 4 rings (SSSR count). The average molecular weight is 267 g/mol. The SMILES string of the molecule is c1ccc2c(c1)C(N1CCCCC1)=NCc1nncn1-2. The Labute approximate surface area is 118 Å². The first-order valence-electron chi connectivity index (χ1n) is 7.21. The first-order valence-corrected chi connectivity index (χ1v) is 7.21. The number of likely N-dealkylation sites (tertiary alicyclic amines) is 1. The van der Waals surface area contributed by atoms with E-state index in [1.165, 1.54) is 24.8 Å². The summed E-state index contributed by atoms with van der Waals surface area (Å²) in [6.45, 7) is 2.81. The number of fused-ring (bicyclic) bond motifs is 3. The molecular formula is C15H17N5. The zero-order chi connectivity index (χ0) is 13.4.